The first-order chi connectivity index (χ1) is 6.38. The fourth-order valence-electron chi connectivity index (χ4n) is 2.89. The van der Waals surface area contributed by atoms with E-state index in [4.69, 9.17) is 5.73 Å². The van der Waals surface area contributed by atoms with Crippen LogP contribution in [0.3, 0.4) is 0 Å². The van der Waals surface area contributed by atoms with Crippen molar-refractivity contribution in [2.24, 2.45) is 5.73 Å². The van der Waals surface area contributed by atoms with E-state index in [0.717, 1.165) is 12.8 Å². The zero-order valence-electron chi connectivity index (χ0n) is 10.4. The van der Waals surface area contributed by atoms with Crippen LogP contribution in [-0.4, -0.2) is 29.1 Å². The van der Waals surface area contributed by atoms with Gasteiger partial charge >= 0.3 is 0 Å². The summed E-state index contributed by atoms with van der Waals surface area (Å²) in [5.74, 6) is 0. The molecule has 0 radical (unpaired) electrons. The molecule has 1 fully saturated rings. The van der Waals surface area contributed by atoms with Crippen LogP contribution in [0.25, 0.3) is 0 Å². The lowest BCUT2D eigenvalue weighted by molar-refractivity contribution is -0.0367. The standard InChI is InChI=1S/C12H26N2/c1-6-11(3)8-10(13)9-12(4,7-2)14(11)5/h10H,6-9,13H2,1-5H3. The molecule has 2 unspecified atom stereocenters. The van der Waals surface area contributed by atoms with Crippen molar-refractivity contribution in [2.75, 3.05) is 7.05 Å². The Bertz CT molecular complexity index is 184. The van der Waals surface area contributed by atoms with Crippen LogP contribution in [0.4, 0.5) is 0 Å². The first-order valence-electron chi connectivity index (χ1n) is 5.87. The molecule has 84 valence electrons. The van der Waals surface area contributed by atoms with Gasteiger partial charge in [0.25, 0.3) is 0 Å². The molecule has 2 heteroatoms. The van der Waals surface area contributed by atoms with Gasteiger partial charge in [-0.3, -0.25) is 4.90 Å². The van der Waals surface area contributed by atoms with E-state index in [0.29, 0.717) is 17.1 Å². The van der Waals surface area contributed by atoms with Crippen molar-refractivity contribution in [3.63, 3.8) is 0 Å². The Hall–Kier alpha value is -0.0800. The molecule has 0 saturated carbocycles. The van der Waals surface area contributed by atoms with Crippen molar-refractivity contribution in [1.29, 1.82) is 0 Å². The van der Waals surface area contributed by atoms with E-state index >= 15 is 0 Å². The van der Waals surface area contributed by atoms with Crippen LogP contribution in [0.1, 0.15) is 53.4 Å². The number of nitrogens with zero attached hydrogens (tertiary/aromatic N) is 1. The van der Waals surface area contributed by atoms with Crippen molar-refractivity contribution < 1.29 is 0 Å². The van der Waals surface area contributed by atoms with E-state index in [2.05, 4.69) is 39.6 Å². The third kappa shape index (κ3) is 1.82. The maximum atomic E-state index is 6.17. The smallest absolute Gasteiger partial charge is 0.0195 e. The van der Waals surface area contributed by atoms with Crippen LogP contribution in [0.15, 0.2) is 0 Å². The molecule has 2 N–H and O–H groups in total. The van der Waals surface area contributed by atoms with Gasteiger partial charge in [-0.15, -0.1) is 0 Å². The zero-order valence-corrected chi connectivity index (χ0v) is 10.4. The first-order valence-corrected chi connectivity index (χ1v) is 5.87. The van der Waals surface area contributed by atoms with Crippen LogP contribution in [-0.2, 0) is 0 Å². The zero-order chi connectivity index (χ0) is 11.0. The number of piperidine rings is 1. The highest BCUT2D eigenvalue weighted by Gasteiger charge is 2.44. The summed E-state index contributed by atoms with van der Waals surface area (Å²) < 4.78 is 0. The summed E-state index contributed by atoms with van der Waals surface area (Å²) in [6.45, 7) is 9.23. The van der Waals surface area contributed by atoms with Crippen molar-refractivity contribution in [1.82, 2.24) is 4.90 Å². The minimum Gasteiger partial charge on any atom is -0.328 e. The van der Waals surface area contributed by atoms with Gasteiger partial charge in [0.15, 0.2) is 0 Å². The number of nitrogens with two attached hydrogens (primary N) is 1. The molecule has 0 bridgehead atoms. The number of hydrogen-bond donors (Lipinski definition) is 1. The summed E-state index contributed by atoms with van der Waals surface area (Å²) in [6, 6.07) is 0.376. The van der Waals surface area contributed by atoms with Gasteiger partial charge in [-0.25, -0.2) is 0 Å². The molecule has 1 rings (SSSR count). The van der Waals surface area contributed by atoms with E-state index in [1.54, 1.807) is 0 Å². The highest BCUT2D eigenvalue weighted by atomic mass is 15.2. The van der Waals surface area contributed by atoms with Gasteiger partial charge in [0, 0.05) is 17.1 Å². The molecule has 1 saturated heterocycles. The van der Waals surface area contributed by atoms with Crippen LogP contribution in [0.2, 0.25) is 0 Å². The topological polar surface area (TPSA) is 29.3 Å². The van der Waals surface area contributed by atoms with Gasteiger partial charge in [0.05, 0.1) is 0 Å². The van der Waals surface area contributed by atoms with E-state index in [-0.39, 0.29) is 0 Å². The molecule has 0 spiro atoms. The number of rotatable bonds is 2. The molecule has 1 aliphatic rings. The van der Waals surface area contributed by atoms with Gasteiger partial charge in [0.2, 0.25) is 0 Å². The Morgan fingerprint density at radius 3 is 1.79 bits per heavy atom. The Balaban J connectivity index is 2.92. The fraction of sp³-hybridized carbons (Fsp3) is 1.00. The molecule has 0 aromatic heterocycles. The molecular formula is C12H26N2. The summed E-state index contributed by atoms with van der Waals surface area (Å²) in [5.41, 5.74) is 6.76. The predicted octanol–water partition coefficient (Wildman–Crippen LogP) is 2.38. The van der Waals surface area contributed by atoms with Crippen molar-refractivity contribution in [2.45, 2.75) is 70.5 Å². The second-order valence-electron chi connectivity index (χ2n) is 5.43. The average molecular weight is 198 g/mol. The van der Waals surface area contributed by atoms with Crippen LogP contribution < -0.4 is 5.73 Å². The lowest BCUT2D eigenvalue weighted by Gasteiger charge is -2.55. The average Bonchev–Trinajstić information content (AvgIpc) is 2.14. The Morgan fingerprint density at radius 1 is 1.14 bits per heavy atom. The van der Waals surface area contributed by atoms with Crippen molar-refractivity contribution >= 4 is 0 Å². The minimum absolute atomic E-state index is 0.294. The molecule has 1 aliphatic heterocycles. The number of hydrogen-bond acceptors (Lipinski definition) is 2. The van der Waals surface area contributed by atoms with Crippen molar-refractivity contribution in [3.8, 4) is 0 Å². The Labute approximate surface area is 88.8 Å². The highest BCUT2D eigenvalue weighted by Crippen LogP contribution is 2.40. The minimum atomic E-state index is 0.294. The molecule has 1 heterocycles. The van der Waals surface area contributed by atoms with E-state index < -0.39 is 0 Å². The molecule has 0 amide bonds. The summed E-state index contributed by atoms with van der Waals surface area (Å²) >= 11 is 0. The van der Waals surface area contributed by atoms with Gasteiger partial charge in [0.1, 0.15) is 0 Å². The SMILES string of the molecule is CCC1(C)CC(N)CC(C)(CC)N1C. The highest BCUT2D eigenvalue weighted by molar-refractivity contribution is 5.02. The quantitative estimate of drug-likeness (QED) is 0.738. The van der Waals surface area contributed by atoms with Gasteiger partial charge in [-0.1, -0.05) is 13.8 Å². The van der Waals surface area contributed by atoms with Gasteiger partial charge in [-0.2, -0.15) is 0 Å². The monoisotopic (exact) mass is 198 g/mol. The van der Waals surface area contributed by atoms with Crippen LogP contribution >= 0.6 is 0 Å². The second-order valence-corrected chi connectivity index (χ2v) is 5.43. The normalized spacial score (nSPS) is 45.4. The molecule has 2 atom stereocenters. The van der Waals surface area contributed by atoms with Gasteiger partial charge < -0.3 is 5.73 Å². The number of likely N-dealkylation sites (tertiary alicyclic amines) is 1. The maximum absolute atomic E-state index is 6.17. The summed E-state index contributed by atoms with van der Waals surface area (Å²) in [5, 5.41) is 0. The summed E-state index contributed by atoms with van der Waals surface area (Å²) in [6.07, 6.45) is 4.64. The molecule has 14 heavy (non-hydrogen) atoms. The van der Waals surface area contributed by atoms with E-state index in [1.165, 1.54) is 12.8 Å². The maximum Gasteiger partial charge on any atom is 0.0195 e. The molecule has 2 nitrogen and oxygen atoms in total. The fourth-order valence-corrected chi connectivity index (χ4v) is 2.89. The largest absolute Gasteiger partial charge is 0.328 e. The lowest BCUT2D eigenvalue weighted by Crippen LogP contribution is -2.63. The molecule has 0 aromatic carbocycles. The molecular weight excluding hydrogens is 172 g/mol. The predicted molar refractivity (Wildman–Crippen MR) is 62.4 cm³/mol. The second kappa shape index (κ2) is 3.82. The third-order valence-corrected chi connectivity index (χ3v) is 4.55. The molecule has 0 aromatic rings. The molecule has 0 aliphatic carbocycles. The first kappa shape index (κ1) is 12.0. The third-order valence-electron chi connectivity index (χ3n) is 4.55. The van der Waals surface area contributed by atoms with Gasteiger partial charge in [-0.05, 0) is 46.6 Å². The summed E-state index contributed by atoms with van der Waals surface area (Å²) in [7, 11) is 2.26. The van der Waals surface area contributed by atoms with Crippen LogP contribution in [0.5, 0.6) is 0 Å². The summed E-state index contributed by atoms with van der Waals surface area (Å²) in [4.78, 5) is 2.56. The lowest BCUT2D eigenvalue weighted by atomic mass is 9.74. The Kier molecular flexibility index (Phi) is 3.27. The van der Waals surface area contributed by atoms with E-state index in [1.807, 2.05) is 0 Å². The Morgan fingerprint density at radius 2 is 1.50 bits per heavy atom. The van der Waals surface area contributed by atoms with E-state index in [9.17, 15) is 0 Å². The van der Waals surface area contributed by atoms with Crippen molar-refractivity contribution in [3.05, 3.63) is 0 Å². The van der Waals surface area contributed by atoms with Crippen LogP contribution in [0, 0.1) is 0 Å².